The second-order valence-corrected chi connectivity index (χ2v) is 12.7. The van der Waals surface area contributed by atoms with Gasteiger partial charge in [0.15, 0.2) is 0 Å². The summed E-state index contributed by atoms with van der Waals surface area (Å²) >= 11 is 17.8. The fraction of sp³-hybridized carbons (Fsp3) is 0.400. The highest BCUT2D eigenvalue weighted by atomic mass is 35.5. The summed E-state index contributed by atoms with van der Waals surface area (Å²) in [7, 11) is -3.06. The van der Waals surface area contributed by atoms with Gasteiger partial charge in [0.1, 0.15) is 15.9 Å². The molecule has 1 aliphatic rings. The van der Waals surface area contributed by atoms with Crippen molar-refractivity contribution in [2.75, 3.05) is 17.3 Å². The quantitative estimate of drug-likeness (QED) is 0.320. The molecule has 2 aromatic rings. The van der Waals surface area contributed by atoms with Gasteiger partial charge in [-0.05, 0) is 55.5 Å². The number of halogens is 2. The van der Waals surface area contributed by atoms with Gasteiger partial charge in [-0.15, -0.1) is 0 Å². The number of thiocarbonyl (C=S) groups is 1. The molecule has 1 fully saturated rings. The predicted molar refractivity (Wildman–Crippen MR) is 147 cm³/mol. The molecular formula is C25H28Cl2N2O5S2. The van der Waals surface area contributed by atoms with Crippen LogP contribution in [0.15, 0.2) is 42.5 Å². The highest BCUT2D eigenvalue weighted by Gasteiger charge is 2.41. The van der Waals surface area contributed by atoms with E-state index < -0.39 is 27.8 Å². The molecule has 0 bridgehead atoms. The monoisotopic (exact) mass is 570 g/mol. The van der Waals surface area contributed by atoms with Gasteiger partial charge in [-0.25, -0.2) is 13.2 Å². The van der Waals surface area contributed by atoms with Gasteiger partial charge in [-0.1, -0.05) is 60.0 Å². The summed E-state index contributed by atoms with van der Waals surface area (Å²) in [6.07, 6.45) is 5.11. The van der Waals surface area contributed by atoms with Crippen LogP contribution in [0.5, 0.6) is 0 Å². The van der Waals surface area contributed by atoms with Crippen molar-refractivity contribution in [3.63, 3.8) is 0 Å². The van der Waals surface area contributed by atoms with Crippen molar-refractivity contribution in [3.05, 3.63) is 63.6 Å². The molecule has 36 heavy (non-hydrogen) atoms. The summed E-state index contributed by atoms with van der Waals surface area (Å²) in [6, 6.07) is 10.7. The van der Waals surface area contributed by atoms with Gasteiger partial charge >= 0.3 is 5.97 Å². The first kappa shape index (κ1) is 28.4. The number of amides is 1. The fourth-order valence-electron chi connectivity index (χ4n) is 4.25. The van der Waals surface area contributed by atoms with Crippen molar-refractivity contribution < 1.29 is 23.1 Å². The Labute approximate surface area is 226 Å². The lowest BCUT2D eigenvalue weighted by Crippen LogP contribution is -2.51. The third-order valence-electron chi connectivity index (χ3n) is 6.41. The van der Waals surface area contributed by atoms with E-state index in [1.165, 1.54) is 6.26 Å². The fourth-order valence-corrected chi connectivity index (χ4v) is 5.93. The maximum atomic E-state index is 12.6. The van der Waals surface area contributed by atoms with Crippen molar-refractivity contribution in [3.8, 4) is 0 Å². The standard InChI is InChI=1S/C25H28Cl2N2O5S2/c1-36(33,34)14-4-13-25(11-3-12-25)24(35)29-20(23(31)32)15-16-7-9-17(10-8-16)28-22(30)21-18(26)5-2-6-19(21)27/h2,5-10,20H,3-4,11-15H2,1H3,(H,28,30)(H,29,35)(H,31,32)/t20-/m0/s1. The van der Waals surface area contributed by atoms with E-state index in [2.05, 4.69) is 10.6 Å². The van der Waals surface area contributed by atoms with E-state index in [4.69, 9.17) is 35.4 Å². The lowest BCUT2D eigenvalue weighted by Gasteiger charge is -2.43. The van der Waals surface area contributed by atoms with E-state index in [9.17, 15) is 23.1 Å². The molecule has 3 rings (SSSR count). The van der Waals surface area contributed by atoms with Crippen LogP contribution in [0.4, 0.5) is 5.69 Å². The minimum atomic E-state index is -3.06. The van der Waals surface area contributed by atoms with E-state index in [1.54, 1.807) is 42.5 Å². The van der Waals surface area contributed by atoms with Crippen LogP contribution in [0.25, 0.3) is 0 Å². The molecule has 0 unspecified atom stereocenters. The van der Waals surface area contributed by atoms with Gasteiger partial charge in [0.05, 0.1) is 20.6 Å². The minimum absolute atomic E-state index is 0.0886. The van der Waals surface area contributed by atoms with Crippen molar-refractivity contribution in [2.24, 2.45) is 5.41 Å². The Balaban J connectivity index is 1.62. The van der Waals surface area contributed by atoms with Gasteiger partial charge in [0.2, 0.25) is 0 Å². The second-order valence-electron chi connectivity index (χ2n) is 9.18. The zero-order valence-corrected chi connectivity index (χ0v) is 22.9. The largest absolute Gasteiger partial charge is 0.480 e. The van der Waals surface area contributed by atoms with Gasteiger partial charge in [0, 0.05) is 29.5 Å². The number of nitrogens with one attached hydrogen (secondary N) is 2. The molecule has 0 spiro atoms. The molecule has 1 atom stereocenters. The molecule has 11 heteroatoms. The minimum Gasteiger partial charge on any atom is -0.480 e. The third-order valence-corrected chi connectivity index (χ3v) is 8.62. The molecule has 0 heterocycles. The van der Waals surface area contributed by atoms with Crippen molar-refractivity contribution in [2.45, 2.75) is 44.6 Å². The maximum Gasteiger partial charge on any atom is 0.326 e. The smallest absolute Gasteiger partial charge is 0.326 e. The Hall–Kier alpha value is -2.20. The Morgan fingerprint density at radius 3 is 2.22 bits per heavy atom. The molecule has 0 radical (unpaired) electrons. The Morgan fingerprint density at radius 1 is 1.11 bits per heavy atom. The maximum absolute atomic E-state index is 12.6. The number of rotatable bonds is 11. The van der Waals surface area contributed by atoms with Crippen molar-refractivity contribution in [1.82, 2.24) is 5.32 Å². The number of hydrogen-bond donors (Lipinski definition) is 3. The third kappa shape index (κ3) is 7.41. The predicted octanol–water partition coefficient (Wildman–Crippen LogP) is 5.15. The molecule has 0 aromatic heterocycles. The van der Waals surface area contributed by atoms with Crippen LogP contribution >= 0.6 is 35.4 Å². The molecule has 3 N–H and O–H groups in total. The van der Waals surface area contributed by atoms with E-state index in [1.807, 2.05) is 0 Å². The zero-order chi connectivity index (χ0) is 26.5. The number of sulfone groups is 1. The number of carboxylic acids is 1. The SMILES string of the molecule is CS(=O)(=O)CCCC1(C(=S)N[C@@H](Cc2ccc(NC(=O)c3c(Cl)cccc3Cl)cc2)C(=O)O)CCC1. The van der Waals surface area contributed by atoms with E-state index in [-0.39, 0.29) is 33.2 Å². The van der Waals surface area contributed by atoms with Crippen LogP contribution in [-0.2, 0) is 21.1 Å². The first-order valence-electron chi connectivity index (χ1n) is 11.5. The Morgan fingerprint density at radius 2 is 1.72 bits per heavy atom. The van der Waals surface area contributed by atoms with E-state index in [0.717, 1.165) is 24.8 Å². The molecule has 194 valence electrons. The first-order valence-corrected chi connectivity index (χ1v) is 14.7. The summed E-state index contributed by atoms with van der Waals surface area (Å²) < 4.78 is 23.0. The van der Waals surface area contributed by atoms with Gasteiger partial charge in [-0.3, -0.25) is 4.79 Å². The Bertz CT molecular complexity index is 1230. The molecule has 1 aliphatic carbocycles. The van der Waals surface area contributed by atoms with Gasteiger partial charge in [-0.2, -0.15) is 0 Å². The number of hydrogen-bond acceptors (Lipinski definition) is 5. The number of carboxylic acid groups (broad SMARTS) is 1. The van der Waals surface area contributed by atoms with E-state index >= 15 is 0 Å². The number of benzene rings is 2. The molecule has 0 aliphatic heterocycles. The summed E-state index contributed by atoms with van der Waals surface area (Å²) in [5, 5.41) is 16.0. The lowest BCUT2D eigenvalue weighted by molar-refractivity contribution is -0.139. The van der Waals surface area contributed by atoms with Gasteiger partial charge < -0.3 is 15.7 Å². The van der Waals surface area contributed by atoms with Crippen LogP contribution < -0.4 is 10.6 Å². The summed E-state index contributed by atoms with van der Waals surface area (Å²) in [4.78, 5) is 25.0. The molecular weight excluding hydrogens is 543 g/mol. The number of aliphatic carboxylic acids is 1. The number of carbonyl (C=O) groups excluding carboxylic acids is 1. The zero-order valence-electron chi connectivity index (χ0n) is 19.7. The van der Waals surface area contributed by atoms with Crippen LogP contribution in [0, 0.1) is 5.41 Å². The topological polar surface area (TPSA) is 113 Å². The number of carbonyl (C=O) groups is 2. The van der Waals surface area contributed by atoms with Crippen LogP contribution in [0.2, 0.25) is 10.0 Å². The van der Waals surface area contributed by atoms with Crippen LogP contribution in [-0.4, -0.2) is 48.4 Å². The van der Waals surface area contributed by atoms with Crippen LogP contribution in [0.1, 0.15) is 48.0 Å². The normalized spacial score (nSPS) is 15.4. The molecule has 1 saturated carbocycles. The number of anilines is 1. The summed E-state index contributed by atoms with van der Waals surface area (Å²) in [6.45, 7) is 0. The first-order chi connectivity index (χ1) is 16.9. The second kappa shape index (κ2) is 11.9. The van der Waals surface area contributed by atoms with Gasteiger partial charge in [0.25, 0.3) is 5.91 Å². The van der Waals surface area contributed by atoms with Crippen molar-refractivity contribution in [1.29, 1.82) is 0 Å². The highest BCUT2D eigenvalue weighted by Crippen LogP contribution is 2.46. The van der Waals surface area contributed by atoms with E-state index in [0.29, 0.717) is 23.5 Å². The van der Waals surface area contributed by atoms with Crippen molar-refractivity contribution >= 4 is 67.8 Å². The molecule has 7 nitrogen and oxygen atoms in total. The average molecular weight is 572 g/mol. The highest BCUT2D eigenvalue weighted by molar-refractivity contribution is 7.90. The Kier molecular flexibility index (Phi) is 9.38. The average Bonchev–Trinajstić information content (AvgIpc) is 2.75. The molecule has 1 amide bonds. The molecule has 2 aromatic carbocycles. The summed E-state index contributed by atoms with van der Waals surface area (Å²) in [5.74, 6) is -1.39. The van der Waals surface area contributed by atoms with Crippen LogP contribution in [0.3, 0.4) is 0 Å². The summed E-state index contributed by atoms with van der Waals surface area (Å²) in [5.41, 5.74) is 1.08. The molecule has 0 saturated heterocycles. The lowest BCUT2D eigenvalue weighted by atomic mass is 9.66.